The van der Waals surface area contributed by atoms with Crippen LogP contribution in [0, 0.1) is 5.92 Å². The van der Waals surface area contributed by atoms with E-state index in [1.807, 2.05) is 6.08 Å². The molecule has 2 nitrogen and oxygen atoms in total. The van der Waals surface area contributed by atoms with E-state index in [9.17, 15) is 4.79 Å². The van der Waals surface area contributed by atoms with Crippen LogP contribution in [0.25, 0.3) is 0 Å². The first-order valence-corrected chi connectivity index (χ1v) is 4.00. The van der Waals surface area contributed by atoms with Gasteiger partial charge in [0.15, 0.2) is 0 Å². The molecule has 1 aliphatic carbocycles. The van der Waals surface area contributed by atoms with Crippen LogP contribution in [0.3, 0.4) is 0 Å². The van der Waals surface area contributed by atoms with Gasteiger partial charge in [-0.1, -0.05) is 24.3 Å². The monoisotopic (exact) mass is 149 g/mol. The largest absolute Gasteiger partial charge is 0.349 e. The molecule has 1 amide bonds. The lowest BCUT2D eigenvalue weighted by atomic mass is 9.87. The third-order valence-corrected chi connectivity index (χ3v) is 2.28. The lowest BCUT2D eigenvalue weighted by Gasteiger charge is -2.29. The van der Waals surface area contributed by atoms with Crippen molar-refractivity contribution in [1.29, 1.82) is 0 Å². The molecule has 58 valence electrons. The number of allylic oxidation sites excluding steroid dienone is 2. The van der Waals surface area contributed by atoms with Gasteiger partial charge >= 0.3 is 0 Å². The predicted octanol–water partition coefficient (Wildman–Crippen LogP) is 1.01. The average Bonchev–Trinajstić information content (AvgIpc) is 2.04. The van der Waals surface area contributed by atoms with E-state index in [1.165, 1.54) is 0 Å². The van der Waals surface area contributed by atoms with Crippen molar-refractivity contribution in [2.45, 2.75) is 18.9 Å². The van der Waals surface area contributed by atoms with Gasteiger partial charge in [0.2, 0.25) is 5.91 Å². The standard InChI is InChI=1S/C9H11NO/c11-9-6-5-7-3-1-2-4-8(7)10-9/h1-4,7-8H,5-6H2,(H,10,11). The second kappa shape index (κ2) is 2.53. The van der Waals surface area contributed by atoms with Gasteiger partial charge in [-0.05, 0) is 6.42 Å². The third kappa shape index (κ3) is 1.20. The zero-order valence-electron chi connectivity index (χ0n) is 6.29. The molecule has 1 N–H and O–H groups in total. The lowest BCUT2D eigenvalue weighted by Crippen LogP contribution is -2.43. The van der Waals surface area contributed by atoms with Crippen LogP contribution in [-0.4, -0.2) is 11.9 Å². The van der Waals surface area contributed by atoms with Crippen molar-refractivity contribution < 1.29 is 4.79 Å². The minimum Gasteiger partial charge on any atom is -0.349 e. The summed E-state index contributed by atoms with van der Waals surface area (Å²) < 4.78 is 0. The quantitative estimate of drug-likeness (QED) is 0.547. The Hall–Kier alpha value is -1.05. The van der Waals surface area contributed by atoms with Crippen molar-refractivity contribution in [3.8, 4) is 0 Å². The predicted molar refractivity (Wildman–Crippen MR) is 42.9 cm³/mol. The number of carbonyl (C=O) groups is 1. The third-order valence-electron chi connectivity index (χ3n) is 2.28. The number of piperidine rings is 1. The van der Waals surface area contributed by atoms with E-state index in [-0.39, 0.29) is 11.9 Å². The highest BCUT2D eigenvalue weighted by molar-refractivity contribution is 5.77. The fraction of sp³-hybridized carbons (Fsp3) is 0.444. The maximum atomic E-state index is 10.9. The SMILES string of the molecule is O=C1CCC2C=CC=CC2N1. The van der Waals surface area contributed by atoms with Crippen LogP contribution in [-0.2, 0) is 4.79 Å². The summed E-state index contributed by atoms with van der Waals surface area (Å²) in [6, 6.07) is 0.265. The zero-order valence-corrected chi connectivity index (χ0v) is 6.29. The van der Waals surface area contributed by atoms with Gasteiger partial charge in [-0.3, -0.25) is 4.79 Å². The maximum absolute atomic E-state index is 10.9. The molecule has 0 spiro atoms. The Balaban J connectivity index is 2.12. The Morgan fingerprint density at radius 1 is 1.36 bits per heavy atom. The molecule has 0 saturated carbocycles. The molecule has 2 unspecified atom stereocenters. The molecule has 1 fully saturated rings. The first kappa shape index (κ1) is 6.65. The number of hydrogen-bond donors (Lipinski definition) is 1. The van der Waals surface area contributed by atoms with Gasteiger partial charge in [-0.15, -0.1) is 0 Å². The van der Waals surface area contributed by atoms with Crippen molar-refractivity contribution in [2.75, 3.05) is 0 Å². The van der Waals surface area contributed by atoms with E-state index in [0.717, 1.165) is 6.42 Å². The Kier molecular flexibility index (Phi) is 1.53. The van der Waals surface area contributed by atoms with E-state index >= 15 is 0 Å². The molecule has 2 rings (SSSR count). The molecule has 11 heavy (non-hydrogen) atoms. The summed E-state index contributed by atoms with van der Waals surface area (Å²) in [5.74, 6) is 0.726. The molecular formula is C9H11NO. The first-order chi connectivity index (χ1) is 5.36. The number of fused-ring (bicyclic) bond motifs is 1. The number of hydrogen-bond acceptors (Lipinski definition) is 1. The van der Waals surface area contributed by atoms with Gasteiger partial charge in [-0.2, -0.15) is 0 Å². The van der Waals surface area contributed by atoms with Crippen molar-refractivity contribution in [1.82, 2.24) is 5.32 Å². The highest BCUT2D eigenvalue weighted by atomic mass is 16.1. The van der Waals surface area contributed by atoms with E-state index in [0.29, 0.717) is 12.3 Å². The molecule has 1 aliphatic heterocycles. The fourth-order valence-electron chi connectivity index (χ4n) is 1.64. The summed E-state index contributed by atoms with van der Waals surface area (Å²) in [5.41, 5.74) is 0. The second-order valence-corrected chi connectivity index (χ2v) is 3.07. The molecule has 0 bridgehead atoms. The van der Waals surface area contributed by atoms with E-state index < -0.39 is 0 Å². The molecule has 1 heterocycles. The summed E-state index contributed by atoms with van der Waals surface area (Å²) in [6.07, 6.45) is 9.95. The molecular weight excluding hydrogens is 138 g/mol. The first-order valence-electron chi connectivity index (χ1n) is 4.00. The molecule has 1 saturated heterocycles. The highest BCUT2D eigenvalue weighted by Crippen LogP contribution is 2.21. The minimum atomic E-state index is 0.186. The van der Waals surface area contributed by atoms with Crippen LogP contribution >= 0.6 is 0 Å². The molecule has 2 aliphatic rings. The Morgan fingerprint density at radius 2 is 2.18 bits per heavy atom. The summed E-state index contributed by atoms with van der Waals surface area (Å²) in [6.45, 7) is 0. The van der Waals surface area contributed by atoms with Crippen molar-refractivity contribution in [2.24, 2.45) is 5.92 Å². The molecule has 2 atom stereocenters. The van der Waals surface area contributed by atoms with Crippen molar-refractivity contribution >= 4 is 5.91 Å². The zero-order chi connectivity index (χ0) is 7.68. The summed E-state index contributed by atoms with van der Waals surface area (Å²) in [7, 11) is 0. The number of carbonyl (C=O) groups excluding carboxylic acids is 1. The van der Waals surface area contributed by atoms with Crippen molar-refractivity contribution in [3.63, 3.8) is 0 Å². The number of nitrogens with one attached hydrogen (secondary N) is 1. The molecule has 2 heteroatoms. The van der Waals surface area contributed by atoms with Gasteiger partial charge in [0.05, 0.1) is 6.04 Å². The molecule has 0 aromatic heterocycles. The summed E-state index contributed by atoms with van der Waals surface area (Å²) >= 11 is 0. The van der Waals surface area contributed by atoms with Crippen LogP contribution < -0.4 is 5.32 Å². The summed E-state index contributed by atoms with van der Waals surface area (Å²) in [4.78, 5) is 10.9. The van der Waals surface area contributed by atoms with Gasteiger partial charge in [0.1, 0.15) is 0 Å². The van der Waals surface area contributed by atoms with Crippen LogP contribution in [0.15, 0.2) is 24.3 Å². The normalized spacial score (nSPS) is 34.7. The van der Waals surface area contributed by atoms with E-state index in [2.05, 4.69) is 23.5 Å². The number of rotatable bonds is 0. The van der Waals surface area contributed by atoms with E-state index in [1.54, 1.807) is 0 Å². The van der Waals surface area contributed by atoms with Gasteiger partial charge < -0.3 is 5.32 Å². The highest BCUT2D eigenvalue weighted by Gasteiger charge is 2.25. The second-order valence-electron chi connectivity index (χ2n) is 3.07. The lowest BCUT2D eigenvalue weighted by molar-refractivity contribution is -0.123. The fourth-order valence-corrected chi connectivity index (χ4v) is 1.64. The number of amides is 1. The van der Waals surface area contributed by atoms with Crippen LogP contribution in [0.4, 0.5) is 0 Å². The van der Waals surface area contributed by atoms with Crippen molar-refractivity contribution in [3.05, 3.63) is 24.3 Å². The van der Waals surface area contributed by atoms with E-state index in [4.69, 9.17) is 0 Å². The summed E-state index contributed by atoms with van der Waals surface area (Å²) in [5, 5.41) is 2.94. The average molecular weight is 149 g/mol. The minimum absolute atomic E-state index is 0.186. The Labute approximate surface area is 66.0 Å². The molecule has 0 aromatic carbocycles. The molecule has 0 aromatic rings. The van der Waals surface area contributed by atoms with Gasteiger partial charge in [-0.25, -0.2) is 0 Å². The van der Waals surface area contributed by atoms with Crippen LogP contribution in [0.1, 0.15) is 12.8 Å². The topological polar surface area (TPSA) is 29.1 Å². The van der Waals surface area contributed by atoms with Gasteiger partial charge in [0.25, 0.3) is 0 Å². The maximum Gasteiger partial charge on any atom is 0.220 e. The van der Waals surface area contributed by atoms with Crippen LogP contribution in [0.5, 0.6) is 0 Å². The smallest absolute Gasteiger partial charge is 0.220 e. The van der Waals surface area contributed by atoms with Gasteiger partial charge in [0, 0.05) is 12.3 Å². The Morgan fingerprint density at radius 3 is 3.09 bits per heavy atom. The Bertz CT molecular complexity index is 230. The van der Waals surface area contributed by atoms with Crippen LogP contribution in [0.2, 0.25) is 0 Å². The molecule has 0 radical (unpaired) electrons.